The van der Waals surface area contributed by atoms with Gasteiger partial charge >= 0.3 is 0 Å². The van der Waals surface area contributed by atoms with E-state index in [-0.39, 0.29) is 0 Å². The summed E-state index contributed by atoms with van der Waals surface area (Å²) in [6, 6.07) is 0. The highest BCUT2D eigenvalue weighted by molar-refractivity contribution is 5.02. The smallest absolute Gasteiger partial charge is 0.0202 e. The molecule has 0 aliphatic heterocycles. The van der Waals surface area contributed by atoms with Gasteiger partial charge in [-0.05, 0) is 25.8 Å². The lowest BCUT2D eigenvalue weighted by Crippen LogP contribution is -2.32. The van der Waals surface area contributed by atoms with Crippen LogP contribution in [0.2, 0.25) is 0 Å². The van der Waals surface area contributed by atoms with E-state index in [9.17, 15) is 0 Å². The predicted molar refractivity (Wildman–Crippen MR) is 47.2 cm³/mol. The molecule has 0 amide bonds. The second-order valence-corrected chi connectivity index (χ2v) is 3.06. The molecule has 62 valence electrons. The lowest BCUT2D eigenvalue weighted by molar-refractivity contribution is 0.408. The first-order valence-corrected chi connectivity index (χ1v) is 4.40. The highest BCUT2D eigenvalue weighted by Crippen LogP contribution is 2.41. The number of hydrogen-bond donors (Lipinski definition) is 1. The van der Waals surface area contributed by atoms with Crippen molar-refractivity contribution in [1.29, 1.82) is 0 Å². The van der Waals surface area contributed by atoms with Crippen LogP contribution < -0.4 is 5.32 Å². The van der Waals surface area contributed by atoms with Crippen LogP contribution in [-0.2, 0) is 0 Å². The van der Waals surface area contributed by atoms with E-state index in [1.165, 1.54) is 12.8 Å². The third-order valence-corrected chi connectivity index (χ3v) is 2.39. The zero-order valence-electron chi connectivity index (χ0n) is 7.99. The lowest BCUT2D eigenvalue weighted by atomic mass is 10.0. The minimum Gasteiger partial charge on any atom is -0.314 e. The predicted octanol–water partition coefficient (Wildman–Crippen LogP) is 2.42. The first-order valence-electron chi connectivity index (χ1n) is 4.40. The molecular formula is C9H21N. The SMILES string of the molecule is CC.CNC1(C(C)C)CC1. The molecule has 0 unspecified atom stereocenters. The highest BCUT2D eigenvalue weighted by Gasteiger charge is 2.43. The van der Waals surface area contributed by atoms with Crippen LogP contribution in [0.25, 0.3) is 0 Å². The summed E-state index contributed by atoms with van der Waals surface area (Å²) in [5.74, 6) is 0.812. The fourth-order valence-electron chi connectivity index (χ4n) is 1.25. The van der Waals surface area contributed by atoms with Gasteiger partial charge in [0.1, 0.15) is 0 Å². The van der Waals surface area contributed by atoms with Crippen molar-refractivity contribution in [3.63, 3.8) is 0 Å². The van der Waals surface area contributed by atoms with Crippen LogP contribution >= 0.6 is 0 Å². The topological polar surface area (TPSA) is 12.0 Å². The van der Waals surface area contributed by atoms with Crippen LogP contribution in [0.15, 0.2) is 0 Å². The van der Waals surface area contributed by atoms with E-state index in [2.05, 4.69) is 26.2 Å². The molecule has 0 heterocycles. The van der Waals surface area contributed by atoms with Gasteiger partial charge in [-0.1, -0.05) is 27.7 Å². The van der Waals surface area contributed by atoms with Gasteiger partial charge in [0.05, 0.1) is 0 Å². The fraction of sp³-hybridized carbons (Fsp3) is 1.00. The Morgan fingerprint density at radius 1 is 1.20 bits per heavy atom. The molecule has 1 saturated carbocycles. The van der Waals surface area contributed by atoms with Crippen molar-refractivity contribution in [3.05, 3.63) is 0 Å². The Morgan fingerprint density at radius 2 is 1.60 bits per heavy atom. The van der Waals surface area contributed by atoms with Crippen LogP contribution in [0.1, 0.15) is 40.5 Å². The summed E-state index contributed by atoms with van der Waals surface area (Å²) in [7, 11) is 2.06. The molecule has 1 fully saturated rings. The zero-order chi connectivity index (χ0) is 8.20. The lowest BCUT2D eigenvalue weighted by Gasteiger charge is -2.17. The Kier molecular flexibility index (Phi) is 3.95. The molecule has 0 saturated heterocycles. The Morgan fingerprint density at radius 3 is 1.60 bits per heavy atom. The summed E-state index contributed by atoms with van der Waals surface area (Å²) >= 11 is 0. The molecular weight excluding hydrogens is 122 g/mol. The molecule has 0 bridgehead atoms. The zero-order valence-corrected chi connectivity index (χ0v) is 7.99. The van der Waals surface area contributed by atoms with Gasteiger partial charge in [0, 0.05) is 5.54 Å². The van der Waals surface area contributed by atoms with E-state index in [0.29, 0.717) is 5.54 Å². The van der Waals surface area contributed by atoms with Crippen molar-refractivity contribution in [2.45, 2.75) is 46.1 Å². The Bertz CT molecular complexity index is 82.7. The molecule has 0 aromatic carbocycles. The molecule has 1 aliphatic rings. The average Bonchev–Trinajstić information content (AvgIpc) is 2.71. The molecule has 0 radical (unpaired) electrons. The average molecular weight is 143 g/mol. The number of hydrogen-bond acceptors (Lipinski definition) is 1. The van der Waals surface area contributed by atoms with Crippen molar-refractivity contribution in [3.8, 4) is 0 Å². The van der Waals surface area contributed by atoms with E-state index in [1.807, 2.05) is 13.8 Å². The van der Waals surface area contributed by atoms with E-state index < -0.39 is 0 Å². The van der Waals surface area contributed by atoms with Crippen LogP contribution in [0.4, 0.5) is 0 Å². The summed E-state index contributed by atoms with van der Waals surface area (Å²) in [4.78, 5) is 0. The van der Waals surface area contributed by atoms with E-state index in [1.54, 1.807) is 0 Å². The van der Waals surface area contributed by atoms with Gasteiger partial charge in [0.15, 0.2) is 0 Å². The summed E-state index contributed by atoms with van der Waals surface area (Å²) in [5, 5.41) is 3.35. The van der Waals surface area contributed by atoms with E-state index in [0.717, 1.165) is 5.92 Å². The molecule has 10 heavy (non-hydrogen) atoms. The quantitative estimate of drug-likeness (QED) is 0.626. The molecule has 1 heteroatoms. The van der Waals surface area contributed by atoms with Crippen molar-refractivity contribution in [1.82, 2.24) is 5.32 Å². The van der Waals surface area contributed by atoms with Gasteiger partial charge in [0.25, 0.3) is 0 Å². The van der Waals surface area contributed by atoms with Gasteiger partial charge in [-0.15, -0.1) is 0 Å². The van der Waals surface area contributed by atoms with Gasteiger partial charge < -0.3 is 5.32 Å². The monoisotopic (exact) mass is 143 g/mol. The molecule has 0 spiro atoms. The molecule has 1 aliphatic carbocycles. The van der Waals surface area contributed by atoms with Crippen molar-refractivity contribution in [2.75, 3.05) is 7.05 Å². The Balaban J connectivity index is 0.000000371. The van der Waals surface area contributed by atoms with Gasteiger partial charge in [0.2, 0.25) is 0 Å². The molecule has 1 rings (SSSR count). The minimum absolute atomic E-state index is 0.542. The second kappa shape index (κ2) is 3.97. The van der Waals surface area contributed by atoms with Crippen molar-refractivity contribution in [2.24, 2.45) is 5.92 Å². The van der Waals surface area contributed by atoms with Crippen LogP contribution in [0, 0.1) is 5.92 Å². The summed E-state index contributed by atoms with van der Waals surface area (Å²) in [5.41, 5.74) is 0.542. The third-order valence-electron chi connectivity index (χ3n) is 2.39. The first-order chi connectivity index (χ1) is 4.71. The van der Waals surface area contributed by atoms with Gasteiger partial charge in [-0.2, -0.15) is 0 Å². The molecule has 0 aromatic heterocycles. The fourth-order valence-corrected chi connectivity index (χ4v) is 1.25. The van der Waals surface area contributed by atoms with Crippen molar-refractivity contribution >= 4 is 0 Å². The molecule has 1 N–H and O–H groups in total. The van der Waals surface area contributed by atoms with Crippen LogP contribution in [-0.4, -0.2) is 12.6 Å². The maximum absolute atomic E-state index is 3.35. The summed E-state index contributed by atoms with van der Waals surface area (Å²) in [6.07, 6.45) is 2.75. The maximum Gasteiger partial charge on any atom is 0.0202 e. The third kappa shape index (κ3) is 1.98. The molecule has 0 aromatic rings. The normalized spacial score (nSPS) is 19.8. The highest BCUT2D eigenvalue weighted by atomic mass is 15.0. The van der Waals surface area contributed by atoms with Crippen LogP contribution in [0.5, 0.6) is 0 Å². The standard InChI is InChI=1S/C7H15N.C2H6/c1-6(2)7(8-3)4-5-7;1-2/h6,8H,4-5H2,1-3H3;1-2H3. The van der Waals surface area contributed by atoms with Crippen molar-refractivity contribution < 1.29 is 0 Å². The van der Waals surface area contributed by atoms with E-state index >= 15 is 0 Å². The largest absolute Gasteiger partial charge is 0.314 e. The number of rotatable bonds is 2. The minimum atomic E-state index is 0.542. The maximum atomic E-state index is 3.35. The first kappa shape index (κ1) is 9.96. The van der Waals surface area contributed by atoms with E-state index in [4.69, 9.17) is 0 Å². The van der Waals surface area contributed by atoms with Gasteiger partial charge in [-0.3, -0.25) is 0 Å². The molecule has 1 nitrogen and oxygen atoms in total. The Labute approximate surface area is 65.2 Å². The number of nitrogens with one attached hydrogen (secondary N) is 1. The Hall–Kier alpha value is -0.0400. The van der Waals surface area contributed by atoms with Gasteiger partial charge in [-0.25, -0.2) is 0 Å². The molecule has 0 atom stereocenters. The second-order valence-electron chi connectivity index (χ2n) is 3.06. The summed E-state index contributed by atoms with van der Waals surface area (Å²) < 4.78 is 0. The summed E-state index contributed by atoms with van der Waals surface area (Å²) in [6.45, 7) is 8.56. The van der Waals surface area contributed by atoms with Crippen LogP contribution in [0.3, 0.4) is 0 Å².